The number of rotatable bonds is 5. The number of aryl methyl sites for hydroxylation is 1. The maximum atomic E-state index is 12.0. The van der Waals surface area contributed by atoms with Gasteiger partial charge in [-0.1, -0.05) is 42.0 Å². The highest BCUT2D eigenvalue weighted by Gasteiger charge is 2.24. The van der Waals surface area contributed by atoms with Crippen LogP contribution in [0.4, 0.5) is 0 Å². The summed E-state index contributed by atoms with van der Waals surface area (Å²) in [6.07, 6.45) is 5.71. The SMILES string of the molecule is Cc1ccc(CNC(=O)[C@@H](C)OC(=O)[C@@H]2CC=CCC2)cc1. The van der Waals surface area contributed by atoms with Gasteiger partial charge in [0.2, 0.25) is 0 Å². The lowest BCUT2D eigenvalue weighted by molar-refractivity contribution is -0.159. The van der Waals surface area contributed by atoms with Crippen molar-refractivity contribution in [3.8, 4) is 0 Å². The van der Waals surface area contributed by atoms with E-state index in [0.29, 0.717) is 13.0 Å². The summed E-state index contributed by atoms with van der Waals surface area (Å²) >= 11 is 0. The molecule has 0 unspecified atom stereocenters. The van der Waals surface area contributed by atoms with Gasteiger partial charge in [-0.2, -0.15) is 0 Å². The number of benzene rings is 1. The Morgan fingerprint density at radius 2 is 2.00 bits per heavy atom. The van der Waals surface area contributed by atoms with Gasteiger partial charge in [-0.05, 0) is 38.7 Å². The third-order valence-electron chi connectivity index (χ3n) is 3.85. The molecule has 2 atom stereocenters. The highest BCUT2D eigenvalue weighted by Crippen LogP contribution is 2.20. The average molecular weight is 301 g/mol. The first kappa shape index (κ1) is 16.3. The fourth-order valence-corrected chi connectivity index (χ4v) is 2.37. The van der Waals surface area contributed by atoms with Crippen molar-refractivity contribution >= 4 is 11.9 Å². The molecule has 1 aromatic carbocycles. The second kappa shape index (κ2) is 7.78. The molecule has 0 saturated heterocycles. The summed E-state index contributed by atoms with van der Waals surface area (Å²) < 4.78 is 5.27. The van der Waals surface area contributed by atoms with Crippen molar-refractivity contribution in [1.29, 1.82) is 0 Å². The van der Waals surface area contributed by atoms with E-state index < -0.39 is 6.10 Å². The molecule has 0 saturated carbocycles. The Morgan fingerprint density at radius 3 is 2.64 bits per heavy atom. The van der Waals surface area contributed by atoms with Gasteiger partial charge in [0.15, 0.2) is 6.10 Å². The summed E-state index contributed by atoms with van der Waals surface area (Å²) in [7, 11) is 0. The molecule has 0 heterocycles. The number of hydrogen-bond donors (Lipinski definition) is 1. The number of esters is 1. The molecule has 1 N–H and O–H groups in total. The third-order valence-corrected chi connectivity index (χ3v) is 3.85. The maximum absolute atomic E-state index is 12.0. The molecule has 1 amide bonds. The van der Waals surface area contributed by atoms with Crippen LogP contribution in [0.2, 0.25) is 0 Å². The van der Waals surface area contributed by atoms with Crippen molar-refractivity contribution in [2.75, 3.05) is 0 Å². The van der Waals surface area contributed by atoms with E-state index in [9.17, 15) is 9.59 Å². The average Bonchev–Trinajstić information content (AvgIpc) is 2.54. The summed E-state index contributed by atoms with van der Waals surface area (Å²) in [5.74, 6) is -0.653. The molecule has 0 spiro atoms. The highest BCUT2D eigenvalue weighted by atomic mass is 16.5. The number of amides is 1. The minimum Gasteiger partial charge on any atom is -0.452 e. The first-order chi connectivity index (χ1) is 10.6. The third kappa shape index (κ3) is 4.72. The molecule has 0 fully saturated rings. The number of allylic oxidation sites excluding steroid dienone is 2. The Balaban J connectivity index is 1.77. The Bertz CT molecular complexity index is 548. The Labute approximate surface area is 131 Å². The molecule has 22 heavy (non-hydrogen) atoms. The van der Waals surface area contributed by atoms with Crippen molar-refractivity contribution in [2.45, 2.75) is 45.8 Å². The fourth-order valence-electron chi connectivity index (χ4n) is 2.37. The van der Waals surface area contributed by atoms with Gasteiger partial charge in [-0.3, -0.25) is 9.59 Å². The second-order valence-corrected chi connectivity index (χ2v) is 5.76. The molecular formula is C18H23NO3. The predicted octanol–water partition coefficient (Wildman–Crippen LogP) is 2.90. The van der Waals surface area contributed by atoms with Gasteiger partial charge in [0.25, 0.3) is 5.91 Å². The van der Waals surface area contributed by atoms with Gasteiger partial charge < -0.3 is 10.1 Å². The molecule has 1 aromatic rings. The molecule has 2 rings (SSSR count). The van der Waals surface area contributed by atoms with Crippen LogP contribution in [-0.4, -0.2) is 18.0 Å². The van der Waals surface area contributed by atoms with Gasteiger partial charge >= 0.3 is 5.97 Å². The molecule has 0 aliphatic heterocycles. The van der Waals surface area contributed by atoms with Crippen LogP contribution in [0.5, 0.6) is 0 Å². The van der Waals surface area contributed by atoms with Gasteiger partial charge in [-0.15, -0.1) is 0 Å². The van der Waals surface area contributed by atoms with Crippen LogP contribution in [0.25, 0.3) is 0 Å². The van der Waals surface area contributed by atoms with E-state index in [0.717, 1.165) is 18.4 Å². The Kier molecular flexibility index (Phi) is 5.75. The Hall–Kier alpha value is -2.10. The number of carbonyl (C=O) groups is 2. The lowest BCUT2D eigenvalue weighted by atomic mass is 9.95. The summed E-state index contributed by atoms with van der Waals surface area (Å²) in [5, 5.41) is 2.80. The van der Waals surface area contributed by atoms with Crippen LogP contribution in [0.15, 0.2) is 36.4 Å². The monoisotopic (exact) mass is 301 g/mol. The van der Waals surface area contributed by atoms with Crippen LogP contribution >= 0.6 is 0 Å². The predicted molar refractivity (Wildman–Crippen MR) is 85.1 cm³/mol. The second-order valence-electron chi connectivity index (χ2n) is 5.76. The minimum absolute atomic E-state index is 0.114. The largest absolute Gasteiger partial charge is 0.452 e. The minimum atomic E-state index is -0.760. The summed E-state index contributed by atoms with van der Waals surface area (Å²) in [4.78, 5) is 24.0. The van der Waals surface area contributed by atoms with E-state index in [1.54, 1.807) is 6.92 Å². The van der Waals surface area contributed by atoms with E-state index in [4.69, 9.17) is 4.74 Å². The number of carbonyl (C=O) groups excluding carboxylic acids is 2. The molecule has 1 aliphatic rings. The van der Waals surface area contributed by atoms with E-state index in [2.05, 4.69) is 11.4 Å². The summed E-state index contributed by atoms with van der Waals surface area (Å²) in [6.45, 7) is 4.07. The van der Waals surface area contributed by atoms with Crippen molar-refractivity contribution in [2.24, 2.45) is 5.92 Å². The van der Waals surface area contributed by atoms with Crippen LogP contribution < -0.4 is 5.32 Å². The zero-order valence-corrected chi connectivity index (χ0v) is 13.2. The van der Waals surface area contributed by atoms with E-state index in [-0.39, 0.29) is 17.8 Å². The van der Waals surface area contributed by atoms with Gasteiger partial charge in [0.05, 0.1) is 5.92 Å². The topological polar surface area (TPSA) is 55.4 Å². The lowest BCUT2D eigenvalue weighted by Crippen LogP contribution is -2.36. The molecule has 1 aliphatic carbocycles. The van der Waals surface area contributed by atoms with Crippen molar-refractivity contribution in [3.05, 3.63) is 47.5 Å². The van der Waals surface area contributed by atoms with Crippen molar-refractivity contribution < 1.29 is 14.3 Å². The lowest BCUT2D eigenvalue weighted by Gasteiger charge is -2.19. The molecule has 4 nitrogen and oxygen atoms in total. The highest BCUT2D eigenvalue weighted by molar-refractivity contribution is 5.84. The van der Waals surface area contributed by atoms with Crippen LogP contribution in [0, 0.1) is 12.8 Å². The molecular weight excluding hydrogens is 278 g/mol. The Morgan fingerprint density at radius 1 is 1.27 bits per heavy atom. The quantitative estimate of drug-likeness (QED) is 0.672. The first-order valence-electron chi connectivity index (χ1n) is 7.75. The molecule has 0 aromatic heterocycles. The molecule has 118 valence electrons. The van der Waals surface area contributed by atoms with Gasteiger partial charge in [0.1, 0.15) is 0 Å². The van der Waals surface area contributed by atoms with Gasteiger partial charge in [-0.25, -0.2) is 0 Å². The number of hydrogen-bond acceptors (Lipinski definition) is 3. The summed E-state index contributed by atoms with van der Waals surface area (Å²) in [5.41, 5.74) is 2.20. The smallest absolute Gasteiger partial charge is 0.310 e. The van der Waals surface area contributed by atoms with E-state index in [1.165, 1.54) is 5.56 Å². The van der Waals surface area contributed by atoms with Crippen molar-refractivity contribution in [3.63, 3.8) is 0 Å². The van der Waals surface area contributed by atoms with E-state index >= 15 is 0 Å². The number of ether oxygens (including phenoxy) is 1. The number of nitrogens with one attached hydrogen (secondary N) is 1. The normalized spacial score (nSPS) is 18.5. The first-order valence-corrected chi connectivity index (χ1v) is 7.75. The van der Waals surface area contributed by atoms with Crippen LogP contribution in [0.1, 0.15) is 37.3 Å². The standard InChI is InChI=1S/C18H23NO3/c1-13-8-10-15(11-9-13)12-19-17(20)14(2)22-18(21)16-6-4-3-5-7-16/h3-4,8-11,14,16H,5-7,12H2,1-2H3,(H,19,20)/t14-,16-/m1/s1. The molecule has 0 bridgehead atoms. The zero-order chi connectivity index (χ0) is 15.9. The zero-order valence-electron chi connectivity index (χ0n) is 13.2. The maximum Gasteiger partial charge on any atom is 0.310 e. The van der Waals surface area contributed by atoms with Gasteiger partial charge in [0, 0.05) is 6.54 Å². The van der Waals surface area contributed by atoms with Crippen LogP contribution in [0.3, 0.4) is 0 Å². The fraction of sp³-hybridized carbons (Fsp3) is 0.444. The van der Waals surface area contributed by atoms with Crippen LogP contribution in [-0.2, 0) is 20.9 Å². The summed E-state index contributed by atoms with van der Waals surface area (Å²) in [6, 6.07) is 7.95. The van der Waals surface area contributed by atoms with Crippen molar-refractivity contribution in [1.82, 2.24) is 5.32 Å². The molecule has 0 radical (unpaired) electrons. The van der Waals surface area contributed by atoms with E-state index in [1.807, 2.05) is 37.3 Å². The molecule has 4 heteroatoms.